The zero-order valence-corrected chi connectivity index (χ0v) is 11.3. The summed E-state index contributed by atoms with van der Waals surface area (Å²) in [6.07, 6.45) is 1.33. The monoisotopic (exact) mass is 293 g/mol. The van der Waals surface area contributed by atoms with Gasteiger partial charge in [0.1, 0.15) is 5.02 Å². The Morgan fingerprint density at radius 1 is 1.35 bits per heavy atom. The molecule has 0 bridgehead atoms. The van der Waals surface area contributed by atoms with E-state index in [1.54, 1.807) is 31.3 Å². The molecule has 104 valence electrons. The molecule has 4 N–H and O–H groups in total. The van der Waals surface area contributed by atoms with Crippen LogP contribution in [0.5, 0.6) is 0 Å². The fourth-order valence-electron chi connectivity index (χ4n) is 1.56. The maximum absolute atomic E-state index is 11.8. The van der Waals surface area contributed by atoms with Crippen molar-refractivity contribution in [3.63, 3.8) is 0 Å². The summed E-state index contributed by atoms with van der Waals surface area (Å²) in [7, 11) is 1.55. The van der Waals surface area contributed by atoms with Crippen molar-refractivity contribution < 1.29 is 10.0 Å². The van der Waals surface area contributed by atoms with Gasteiger partial charge in [-0.3, -0.25) is 10.0 Å². The lowest BCUT2D eigenvalue weighted by Gasteiger charge is -2.11. The van der Waals surface area contributed by atoms with Crippen molar-refractivity contribution in [3.05, 3.63) is 41.0 Å². The van der Waals surface area contributed by atoms with Gasteiger partial charge in [-0.15, -0.1) is 0 Å². The van der Waals surface area contributed by atoms with Crippen LogP contribution in [0.1, 0.15) is 10.4 Å². The van der Waals surface area contributed by atoms with Gasteiger partial charge in [0.05, 0.1) is 17.4 Å². The molecule has 1 aromatic heterocycles. The quantitative estimate of drug-likeness (QED) is 0.644. The number of benzene rings is 1. The molecule has 0 saturated heterocycles. The highest BCUT2D eigenvalue weighted by atomic mass is 35.5. The fraction of sp³-hybridized carbons (Fsp3) is 0.0833. The molecular formula is C12H12ClN5O2. The van der Waals surface area contributed by atoms with Crippen LogP contribution in [-0.4, -0.2) is 28.1 Å². The number of amides is 1. The van der Waals surface area contributed by atoms with Crippen LogP contribution in [0, 0.1) is 0 Å². The molecule has 2 aromatic rings. The Bertz CT molecular complexity index is 635. The van der Waals surface area contributed by atoms with Crippen LogP contribution in [0.3, 0.4) is 0 Å². The average Bonchev–Trinajstić information content (AvgIpc) is 2.49. The van der Waals surface area contributed by atoms with Gasteiger partial charge in [0.2, 0.25) is 5.95 Å². The normalized spacial score (nSPS) is 9.95. The van der Waals surface area contributed by atoms with Gasteiger partial charge in [0, 0.05) is 7.05 Å². The number of carbonyl (C=O) groups is 1. The van der Waals surface area contributed by atoms with Crippen LogP contribution in [0.4, 0.5) is 17.5 Å². The second-order valence-corrected chi connectivity index (χ2v) is 4.16. The lowest BCUT2D eigenvalue weighted by Crippen LogP contribution is -2.19. The summed E-state index contributed by atoms with van der Waals surface area (Å²) in [6, 6.07) is 6.91. The van der Waals surface area contributed by atoms with Crippen molar-refractivity contribution in [1.82, 2.24) is 15.3 Å². The van der Waals surface area contributed by atoms with Crippen molar-refractivity contribution in [2.75, 3.05) is 17.8 Å². The summed E-state index contributed by atoms with van der Waals surface area (Å²) in [6.45, 7) is 0. The number of nitrogens with zero attached hydrogens (tertiary/aromatic N) is 2. The van der Waals surface area contributed by atoms with Crippen molar-refractivity contribution in [1.29, 1.82) is 0 Å². The third-order valence-corrected chi connectivity index (χ3v) is 2.77. The minimum atomic E-state index is -0.237. The van der Waals surface area contributed by atoms with Gasteiger partial charge in [-0.2, -0.15) is 4.98 Å². The van der Waals surface area contributed by atoms with Crippen molar-refractivity contribution in [2.45, 2.75) is 0 Å². The lowest BCUT2D eigenvalue weighted by molar-refractivity contribution is 0.0964. The zero-order valence-electron chi connectivity index (χ0n) is 10.5. The molecule has 7 nitrogen and oxygen atoms in total. The van der Waals surface area contributed by atoms with E-state index in [0.29, 0.717) is 11.3 Å². The third kappa shape index (κ3) is 2.95. The Hall–Kier alpha value is -2.38. The topological polar surface area (TPSA) is 99.2 Å². The second-order valence-electron chi connectivity index (χ2n) is 3.75. The predicted octanol–water partition coefficient (Wildman–Crippen LogP) is 2.03. The van der Waals surface area contributed by atoms with Crippen LogP contribution in [0.25, 0.3) is 0 Å². The zero-order chi connectivity index (χ0) is 14.5. The molecule has 1 amide bonds. The van der Waals surface area contributed by atoms with E-state index in [2.05, 4.69) is 20.6 Å². The second kappa shape index (κ2) is 6.18. The molecule has 0 aliphatic rings. The largest absolute Gasteiger partial charge is 0.355 e. The Balaban J connectivity index is 2.37. The molecule has 0 aliphatic heterocycles. The van der Waals surface area contributed by atoms with Gasteiger partial charge in [0.15, 0.2) is 5.82 Å². The first kappa shape index (κ1) is 14.0. The minimum Gasteiger partial charge on any atom is -0.355 e. The van der Waals surface area contributed by atoms with Gasteiger partial charge in [-0.05, 0) is 12.1 Å². The van der Waals surface area contributed by atoms with E-state index in [-0.39, 0.29) is 22.7 Å². The maximum Gasteiger partial charge on any atom is 0.253 e. The van der Waals surface area contributed by atoms with Gasteiger partial charge in [-0.25, -0.2) is 10.5 Å². The van der Waals surface area contributed by atoms with Gasteiger partial charge in [-0.1, -0.05) is 23.7 Å². The van der Waals surface area contributed by atoms with Crippen molar-refractivity contribution in [2.24, 2.45) is 0 Å². The molecule has 0 fully saturated rings. The number of aromatic nitrogens is 2. The molecular weight excluding hydrogens is 282 g/mol. The molecule has 0 radical (unpaired) electrons. The Morgan fingerprint density at radius 3 is 2.80 bits per heavy atom. The first-order valence-electron chi connectivity index (χ1n) is 5.66. The van der Waals surface area contributed by atoms with E-state index in [1.165, 1.54) is 6.20 Å². The Morgan fingerprint density at radius 2 is 2.10 bits per heavy atom. The number of anilines is 3. The smallest absolute Gasteiger partial charge is 0.253 e. The molecule has 20 heavy (non-hydrogen) atoms. The maximum atomic E-state index is 11.8. The Labute approximate surface area is 120 Å². The number of hydrogen-bond donors (Lipinski definition) is 4. The SMILES string of the molecule is CNC(=O)c1ccccc1Nc1nc(NO)ncc1Cl. The van der Waals surface area contributed by atoms with Gasteiger partial charge < -0.3 is 10.6 Å². The van der Waals surface area contributed by atoms with Crippen molar-refractivity contribution in [3.8, 4) is 0 Å². The summed E-state index contributed by atoms with van der Waals surface area (Å²) >= 11 is 5.97. The number of halogens is 1. The van der Waals surface area contributed by atoms with Crippen LogP contribution in [-0.2, 0) is 0 Å². The minimum absolute atomic E-state index is 0.00526. The molecule has 0 saturated carbocycles. The van der Waals surface area contributed by atoms with Crippen LogP contribution >= 0.6 is 11.6 Å². The van der Waals surface area contributed by atoms with E-state index in [0.717, 1.165) is 0 Å². The fourth-order valence-corrected chi connectivity index (χ4v) is 1.70. The van der Waals surface area contributed by atoms with Crippen LogP contribution in [0.2, 0.25) is 5.02 Å². The summed E-state index contributed by atoms with van der Waals surface area (Å²) in [4.78, 5) is 19.5. The van der Waals surface area contributed by atoms with E-state index in [1.807, 2.05) is 5.48 Å². The molecule has 0 atom stereocenters. The number of carbonyl (C=O) groups excluding carboxylic acids is 1. The molecule has 0 aliphatic carbocycles. The number of hydrogen-bond acceptors (Lipinski definition) is 6. The highest BCUT2D eigenvalue weighted by Gasteiger charge is 2.12. The van der Waals surface area contributed by atoms with E-state index >= 15 is 0 Å². The summed E-state index contributed by atoms with van der Waals surface area (Å²) in [5.41, 5.74) is 2.81. The number of rotatable bonds is 4. The average molecular weight is 294 g/mol. The molecule has 8 heteroatoms. The molecule has 1 heterocycles. The van der Waals surface area contributed by atoms with E-state index < -0.39 is 0 Å². The predicted molar refractivity (Wildman–Crippen MR) is 75.6 cm³/mol. The van der Waals surface area contributed by atoms with E-state index in [9.17, 15) is 4.79 Å². The highest BCUT2D eigenvalue weighted by molar-refractivity contribution is 6.33. The van der Waals surface area contributed by atoms with Crippen molar-refractivity contribution >= 4 is 35.0 Å². The van der Waals surface area contributed by atoms with E-state index in [4.69, 9.17) is 16.8 Å². The first-order valence-corrected chi connectivity index (χ1v) is 6.04. The standard InChI is InChI=1S/C12H12ClN5O2/c1-14-11(19)7-4-2-3-5-9(7)16-10-8(13)6-15-12(17-10)18-20/h2-6,20H,1H3,(H,14,19)(H2,15,16,17,18). The number of nitrogens with one attached hydrogen (secondary N) is 3. The summed E-state index contributed by atoms with van der Waals surface area (Å²) in [5, 5.41) is 14.5. The highest BCUT2D eigenvalue weighted by Crippen LogP contribution is 2.25. The van der Waals surface area contributed by atoms with Gasteiger partial charge in [0.25, 0.3) is 5.91 Å². The molecule has 2 rings (SSSR count). The first-order chi connectivity index (χ1) is 9.65. The van der Waals surface area contributed by atoms with Crippen LogP contribution in [0.15, 0.2) is 30.5 Å². The number of para-hydroxylation sites is 1. The molecule has 0 spiro atoms. The molecule has 1 aromatic carbocycles. The summed E-state index contributed by atoms with van der Waals surface area (Å²) in [5.74, 6) is 0.0303. The lowest BCUT2D eigenvalue weighted by atomic mass is 10.1. The molecule has 0 unspecified atom stereocenters. The summed E-state index contributed by atoms with van der Waals surface area (Å²) < 4.78 is 0. The third-order valence-electron chi connectivity index (χ3n) is 2.50. The van der Waals surface area contributed by atoms with Gasteiger partial charge >= 0.3 is 0 Å². The van der Waals surface area contributed by atoms with Crippen LogP contribution < -0.4 is 16.1 Å². The Kier molecular flexibility index (Phi) is 4.34.